The number of aromatic carboxylic acids is 1. The Labute approximate surface area is 337 Å². The number of hydrogen-bond donors (Lipinski definition) is 5. The first-order chi connectivity index (χ1) is 28.5. The van der Waals surface area contributed by atoms with Crippen LogP contribution in [0.4, 0.5) is 0 Å². The largest absolute Gasteiger partial charge is 0.507 e. The highest BCUT2D eigenvalue weighted by Crippen LogP contribution is 2.50. The number of nitrogens with zero attached hydrogens (tertiary/aromatic N) is 2. The van der Waals surface area contributed by atoms with Crippen LogP contribution in [0.5, 0.6) is 28.7 Å². The van der Waals surface area contributed by atoms with Crippen LogP contribution in [0.2, 0.25) is 0 Å². The molecule has 5 N–H and O–H groups in total. The third-order valence-electron chi connectivity index (χ3n) is 10.3. The van der Waals surface area contributed by atoms with Gasteiger partial charge >= 0.3 is 29.8 Å². The van der Waals surface area contributed by atoms with Crippen LogP contribution >= 0.6 is 0 Å². The first-order valence-corrected chi connectivity index (χ1v) is 18.0. The molecule has 0 radical (unpaired) electrons. The van der Waals surface area contributed by atoms with Gasteiger partial charge in [-0.1, -0.05) is 25.1 Å². The number of pyridine rings is 2. The zero-order valence-electron chi connectivity index (χ0n) is 31.7. The number of aliphatic carboxylic acids is 1. The maximum Gasteiger partial charge on any atom is 0.347 e. The molecule has 8 rings (SSSR count). The van der Waals surface area contributed by atoms with Gasteiger partial charge in [0.05, 0.1) is 40.1 Å². The van der Waals surface area contributed by atoms with E-state index in [1.807, 2.05) is 30.3 Å². The number of esters is 3. The SMILES string of the molecule is CCC1(O)C(=O)OCc2c1cc1n(c2=O)Cc2cc3ccccc3nc2-1.Cc1cc(O)c(C=O)c2c1C(=O)Oc1c(COC(=O)C=CC(=O)O)c(O)c(C(=O)O)c(C)c1O2. The molecule has 60 heavy (non-hydrogen) atoms. The number of benzene rings is 3. The number of rotatable bonds is 7. The van der Waals surface area contributed by atoms with Gasteiger partial charge in [0.15, 0.2) is 29.1 Å². The van der Waals surface area contributed by atoms with Crippen molar-refractivity contribution in [2.45, 2.75) is 52.6 Å². The normalized spacial score (nSPS) is 15.7. The first-order valence-electron chi connectivity index (χ1n) is 18.0. The molecule has 1 atom stereocenters. The maximum absolute atomic E-state index is 13.0. The lowest BCUT2D eigenvalue weighted by molar-refractivity contribution is -0.172. The van der Waals surface area contributed by atoms with E-state index < -0.39 is 81.7 Å². The number of carbonyl (C=O) groups excluding carboxylic acids is 4. The van der Waals surface area contributed by atoms with Gasteiger partial charge in [0.25, 0.3) is 5.56 Å². The van der Waals surface area contributed by atoms with Gasteiger partial charge < -0.3 is 49.0 Å². The number of carboxylic acid groups (broad SMARTS) is 2. The molecule has 3 aliphatic rings. The second-order valence-corrected chi connectivity index (χ2v) is 13.8. The Balaban J connectivity index is 0.000000187. The smallest absolute Gasteiger partial charge is 0.347 e. The van der Waals surface area contributed by atoms with E-state index in [-0.39, 0.29) is 47.3 Å². The fraction of sp³-hybridized carbons (Fsp3) is 0.190. The highest BCUT2D eigenvalue weighted by Gasteiger charge is 2.45. The summed E-state index contributed by atoms with van der Waals surface area (Å²) in [6, 6.07) is 12.7. The molecular weight excluding hydrogens is 788 g/mol. The van der Waals surface area contributed by atoms with Crippen molar-refractivity contribution < 1.29 is 73.2 Å². The maximum atomic E-state index is 13.0. The molecule has 0 amide bonds. The second-order valence-electron chi connectivity index (χ2n) is 13.8. The molecule has 0 saturated heterocycles. The molecule has 5 aromatic rings. The number of ether oxygens (including phenoxy) is 4. The number of hydrogen-bond acceptors (Lipinski definition) is 15. The Morgan fingerprint density at radius 2 is 1.72 bits per heavy atom. The summed E-state index contributed by atoms with van der Waals surface area (Å²) in [5.74, 6) is -8.62. The van der Waals surface area contributed by atoms with Gasteiger partial charge in [-0.05, 0) is 50.1 Å². The number of aliphatic hydroxyl groups is 1. The Kier molecular flexibility index (Phi) is 10.2. The Bertz CT molecular complexity index is 2860. The summed E-state index contributed by atoms with van der Waals surface area (Å²) in [4.78, 5) is 88.5. The Morgan fingerprint density at radius 3 is 2.40 bits per heavy atom. The van der Waals surface area contributed by atoms with Crippen molar-refractivity contribution in [3.8, 4) is 40.1 Å². The van der Waals surface area contributed by atoms with Gasteiger partial charge in [-0.15, -0.1) is 0 Å². The van der Waals surface area contributed by atoms with E-state index in [9.17, 15) is 54.0 Å². The predicted molar refractivity (Wildman–Crippen MR) is 204 cm³/mol. The molecule has 0 fully saturated rings. The number of phenols is 2. The van der Waals surface area contributed by atoms with Crippen molar-refractivity contribution >= 4 is 47.0 Å². The molecule has 1 unspecified atom stereocenters. The zero-order chi connectivity index (χ0) is 43.4. The minimum absolute atomic E-state index is 0.110. The number of aldehydes is 1. The minimum atomic E-state index is -1.79. The Morgan fingerprint density at radius 1 is 0.983 bits per heavy atom. The molecule has 18 heteroatoms. The number of aromatic hydroxyl groups is 2. The number of aromatic nitrogens is 2. The average molecular weight is 821 g/mol. The zero-order valence-corrected chi connectivity index (χ0v) is 31.7. The van der Waals surface area contributed by atoms with Crippen LogP contribution in [0.3, 0.4) is 0 Å². The molecule has 3 aromatic carbocycles. The minimum Gasteiger partial charge on any atom is -0.507 e. The van der Waals surface area contributed by atoms with Crippen LogP contribution in [0, 0.1) is 13.8 Å². The van der Waals surface area contributed by atoms with Gasteiger partial charge in [0.1, 0.15) is 35.8 Å². The van der Waals surface area contributed by atoms with Crippen LogP contribution in [0.1, 0.15) is 77.8 Å². The molecule has 0 saturated carbocycles. The standard InChI is InChI=1S/C22H16O12.C20H16N2O4/c1-8-5-12(24)10(6-23)19-15(8)22(31)34-20-11(7-32-14(27)4-3-13(25)26)17(28)16(21(29)30)9(2)18(20)33-19;1-2-20(25)14-8-16-17-12(7-11-5-3-4-6-15(11)21-17)9-22(16)18(23)13(14)10-26-19(20)24/h3-6,24,28H,7H2,1-2H3,(H,25,26)(H,29,30);3-8,25H,2,9-10H2,1H3. The number of cyclic esters (lactones) is 1. The highest BCUT2D eigenvalue weighted by molar-refractivity contribution is 6.03. The number of para-hydroxylation sites is 1. The summed E-state index contributed by atoms with van der Waals surface area (Å²) in [6.45, 7) is 3.84. The molecule has 5 heterocycles. The summed E-state index contributed by atoms with van der Waals surface area (Å²) >= 11 is 0. The van der Waals surface area contributed by atoms with Crippen LogP contribution in [-0.2, 0) is 49.2 Å². The van der Waals surface area contributed by atoms with Crippen molar-refractivity contribution in [2.75, 3.05) is 0 Å². The molecule has 0 aliphatic carbocycles. The monoisotopic (exact) mass is 820 g/mol. The first kappa shape index (κ1) is 40.3. The summed E-state index contributed by atoms with van der Waals surface area (Å²) in [5.41, 5.74) is 0.0117. The van der Waals surface area contributed by atoms with Gasteiger partial charge in [-0.25, -0.2) is 29.0 Å². The third kappa shape index (κ3) is 6.63. The van der Waals surface area contributed by atoms with E-state index in [0.29, 0.717) is 35.5 Å². The molecule has 18 nitrogen and oxygen atoms in total. The molecule has 0 spiro atoms. The number of carboxylic acids is 2. The number of phenolic OH excluding ortho intramolecular Hbond substituents is 1. The molecule has 306 valence electrons. The molecule has 3 aliphatic heterocycles. The van der Waals surface area contributed by atoms with E-state index in [1.54, 1.807) is 17.6 Å². The Hall–Kier alpha value is -7.86. The fourth-order valence-electron chi connectivity index (χ4n) is 7.24. The van der Waals surface area contributed by atoms with Gasteiger partial charge in [-0.2, -0.15) is 0 Å². The fourth-order valence-corrected chi connectivity index (χ4v) is 7.24. The lowest BCUT2D eigenvalue weighted by Crippen LogP contribution is -2.44. The van der Waals surface area contributed by atoms with Gasteiger partial charge in [0, 0.05) is 34.2 Å². The van der Waals surface area contributed by atoms with Crippen molar-refractivity contribution in [1.29, 1.82) is 0 Å². The summed E-state index contributed by atoms with van der Waals surface area (Å²) < 4.78 is 22.6. The number of carbonyl (C=O) groups is 6. The van der Waals surface area contributed by atoms with Crippen LogP contribution in [0.25, 0.3) is 22.3 Å². The lowest BCUT2D eigenvalue weighted by atomic mass is 9.86. The third-order valence-corrected chi connectivity index (χ3v) is 10.3. The van der Waals surface area contributed by atoms with Gasteiger partial charge in [-0.3, -0.25) is 9.59 Å². The number of aryl methyl sites for hydroxylation is 1. The number of fused-ring (bicyclic) bond motifs is 7. The molecular formula is C42H32N2O16. The topological polar surface area (TPSA) is 275 Å². The summed E-state index contributed by atoms with van der Waals surface area (Å²) in [5, 5.41) is 50.7. The second kappa shape index (κ2) is 15.1. The van der Waals surface area contributed by atoms with E-state index in [2.05, 4.69) is 0 Å². The van der Waals surface area contributed by atoms with E-state index in [0.717, 1.165) is 28.2 Å². The highest BCUT2D eigenvalue weighted by atomic mass is 16.6. The van der Waals surface area contributed by atoms with Crippen molar-refractivity contribution in [3.63, 3.8) is 0 Å². The molecule has 0 bridgehead atoms. The van der Waals surface area contributed by atoms with E-state index in [4.69, 9.17) is 29.0 Å². The van der Waals surface area contributed by atoms with Crippen molar-refractivity contribution in [3.05, 3.63) is 115 Å². The van der Waals surface area contributed by atoms with E-state index in [1.165, 1.54) is 13.8 Å². The van der Waals surface area contributed by atoms with Crippen LogP contribution in [-0.4, -0.2) is 71.2 Å². The summed E-state index contributed by atoms with van der Waals surface area (Å²) in [6.07, 6.45) is 1.44. The lowest BCUT2D eigenvalue weighted by Gasteiger charge is -2.31. The predicted octanol–water partition coefficient (Wildman–Crippen LogP) is 4.31. The van der Waals surface area contributed by atoms with E-state index >= 15 is 0 Å². The van der Waals surface area contributed by atoms with Crippen LogP contribution in [0.15, 0.2) is 59.4 Å². The van der Waals surface area contributed by atoms with Gasteiger partial charge in [0.2, 0.25) is 0 Å². The van der Waals surface area contributed by atoms with Crippen molar-refractivity contribution in [1.82, 2.24) is 9.55 Å². The summed E-state index contributed by atoms with van der Waals surface area (Å²) in [7, 11) is 0. The van der Waals surface area contributed by atoms with Crippen LogP contribution < -0.4 is 15.0 Å². The van der Waals surface area contributed by atoms with Crippen molar-refractivity contribution in [2.24, 2.45) is 0 Å². The quantitative estimate of drug-likeness (QED) is 0.0649. The average Bonchev–Trinajstić information content (AvgIpc) is 3.48. The molecule has 2 aromatic heterocycles.